The first-order valence-electron chi connectivity index (χ1n) is 3.91. The first-order valence-corrected chi connectivity index (χ1v) is 3.91. The summed E-state index contributed by atoms with van der Waals surface area (Å²) in [7, 11) is 1.28. The minimum absolute atomic E-state index is 0.0700. The van der Waals surface area contributed by atoms with Crippen LogP contribution < -0.4 is 0 Å². The van der Waals surface area contributed by atoms with Gasteiger partial charge in [0.15, 0.2) is 0 Å². The van der Waals surface area contributed by atoms with Crippen LogP contribution in [0.5, 0.6) is 0 Å². The van der Waals surface area contributed by atoms with Crippen LogP contribution >= 0.6 is 0 Å². The Labute approximate surface area is 70.8 Å². The summed E-state index contributed by atoms with van der Waals surface area (Å²) in [6, 6.07) is 0. The Morgan fingerprint density at radius 2 is 2.33 bits per heavy atom. The second-order valence-corrected chi connectivity index (χ2v) is 2.78. The highest BCUT2D eigenvalue weighted by Gasteiger charge is 2.25. The fraction of sp³-hybridized carbons (Fsp3) is 0.750. The number of hydrogen-bond donors (Lipinski definition) is 0. The van der Waals surface area contributed by atoms with Crippen LogP contribution in [0.15, 0.2) is 0 Å². The van der Waals surface area contributed by atoms with Gasteiger partial charge in [0.25, 0.3) is 0 Å². The highest BCUT2D eigenvalue weighted by Crippen LogP contribution is 2.14. The van der Waals surface area contributed by atoms with Crippen LogP contribution in [0.25, 0.3) is 0 Å². The number of hydrogen-bond acceptors (Lipinski definition) is 4. The highest BCUT2D eigenvalue weighted by molar-refractivity contribution is 5.96. The molecule has 1 fully saturated rings. The van der Waals surface area contributed by atoms with Crippen LogP contribution in [0.4, 0.5) is 0 Å². The quantitative estimate of drug-likeness (QED) is 0.449. The number of ketones is 1. The Kier molecular flexibility index (Phi) is 3.22. The van der Waals surface area contributed by atoms with Crippen molar-refractivity contribution >= 4 is 11.8 Å². The number of methoxy groups -OCH3 is 1. The maximum Gasteiger partial charge on any atom is 0.313 e. The third-order valence-electron chi connectivity index (χ3n) is 1.93. The van der Waals surface area contributed by atoms with Gasteiger partial charge in [0, 0.05) is 12.5 Å². The Morgan fingerprint density at radius 1 is 1.58 bits per heavy atom. The fourth-order valence-corrected chi connectivity index (χ4v) is 1.15. The lowest BCUT2D eigenvalue weighted by atomic mass is 10.0. The molecule has 1 heterocycles. The molecule has 0 amide bonds. The van der Waals surface area contributed by atoms with Crippen LogP contribution in [-0.4, -0.2) is 32.1 Å². The molecule has 0 bridgehead atoms. The number of ether oxygens (including phenoxy) is 2. The van der Waals surface area contributed by atoms with Gasteiger partial charge in [0.2, 0.25) is 0 Å². The van der Waals surface area contributed by atoms with Gasteiger partial charge in [-0.2, -0.15) is 0 Å². The Bertz CT molecular complexity index is 181. The number of carbonyl (C=O) groups excluding carboxylic acids is 2. The van der Waals surface area contributed by atoms with Crippen LogP contribution in [0.2, 0.25) is 0 Å². The van der Waals surface area contributed by atoms with Crippen molar-refractivity contribution < 1.29 is 19.1 Å². The van der Waals surface area contributed by atoms with Crippen molar-refractivity contribution in [1.82, 2.24) is 0 Å². The van der Waals surface area contributed by atoms with Crippen molar-refractivity contribution in [2.24, 2.45) is 5.92 Å². The van der Waals surface area contributed by atoms with Gasteiger partial charge in [-0.25, -0.2) is 0 Å². The van der Waals surface area contributed by atoms with Crippen molar-refractivity contribution in [3.8, 4) is 0 Å². The summed E-state index contributed by atoms with van der Waals surface area (Å²) in [5.41, 5.74) is 0. The van der Waals surface area contributed by atoms with E-state index >= 15 is 0 Å². The molecule has 1 atom stereocenters. The maximum atomic E-state index is 11.2. The Hall–Kier alpha value is -0.900. The van der Waals surface area contributed by atoms with E-state index in [4.69, 9.17) is 4.74 Å². The van der Waals surface area contributed by atoms with Crippen molar-refractivity contribution in [1.29, 1.82) is 0 Å². The zero-order chi connectivity index (χ0) is 8.97. The van der Waals surface area contributed by atoms with E-state index in [9.17, 15) is 9.59 Å². The summed E-state index contributed by atoms with van der Waals surface area (Å²) in [5.74, 6) is -0.629. The second kappa shape index (κ2) is 4.21. The molecule has 1 unspecified atom stereocenters. The fourth-order valence-electron chi connectivity index (χ4n) is 1.15. The van der Waals surface area contributed by atoms with E-state index in [-0.39, 0.29) is 18.1 Å². The largest absolute Gasteiger partial charge is 0.469 e. The molecule has 0 aliphatic carbocycles. The van der Waals surface area contributed by atoms with Gasteiger partial charge in [-0.15, -0.1) is 0 Å². The zero-order valence-electron chi connectivity index (χ0n) is 7.04. The highest BCUT2D eigenvalue weighted by atomic mass is 16.5. The second-order valence-electron chi connectivity index (χ2n) is 2.78. The van der Waals surface area contributed by atoms with Crippen LogP contribution in [0, 0.1) is 5.92 Å². The lowest BCUT2D eigenvalue weighted by molar-refractivity contribution is -0.144. The van der Waals surface area contributed by atoms with E-state index in [1.54, 1.807) is 0 Å². The van der Waals surface area contributed by atoms with E-state index < -0.39 is 5.97 Å². The third kappa shape index (κ3) is 2.30. The summed E-state index contributed by atoms with van der Waals surface area (Å²) < 4.78 is 9.40. The standard InChI is InChI=1S/C8H12O4/c1-11-8(10)4-7(9)6-2-3-12-5-6/h6H,2-5H2,1H3. The Morgan fingerprint density at radius 3 is 2.83 bits per heavy atom. The molecule has 0 N–H and O–H groups in total. The Balaban J connectivity index is 2.32. The molecule has 0 spiro atoms. The number of Topliss-reactive ketones (excluding diaryl/α,β-unsaturated/α-hetero) is 1. The predicted molar refractivity (Wildman–Crippen MR) is 40.6 cm³/mol. The molecular formula is C8H12O4. The van der Waals surface area contributed by atoms with Crippen LogP contribution in [0.1, 0.15) is 12.8 Å². The summed E-state index contributed by atoms with van der Waals surface area (Å²) in [5, 5.41) is 0. The van der Waals surface area contributed by atoms with Gasteiger partial charge in [-0.3, -0.25) is 9.59 Å². The monoisotopic (exact) mass is 172 g/mol. The normalized spacial score (nSPS) is 22.2. The van der Waals surface area contributed by atoms with E-state index in [1.807, 2.05) is 0 Å². The minimum atomic E-state index is -0.466. The van der Waals surface area contributed by atoms with Crippen molar-refractivity contribution in [2.45, 2.75) is 12.8 Å². The number of rotatable bonds is 3. The molecule has 68 valence electrons. The molecule has 12 heavy (non-hydrogen) atoms. The topological polar surface area (TPSA) is 52.6 Å². The summed E-state index contributed by atoms with van der Waals surface area (Å²) in [6.45, 7) is 1.08. The first-order chi connectivity index (χ1) is 5.74. The molecule has 4 heteroatoms. The summed E-state index contributed by atoms with van der Waals surface area (Å²) in [6.07, 6.45) is 0.611. The predicted octanol–water partition coefficient (Wildman–Crippen LogP) is 0.155. The van der Waals surface area contributed by atoms with E-state index in [2.05, 4.69) is 4.74 Å². The van der Waals surface area contributed by atoms with Gasteiger partial charge in [0.05, 0.1) is 13.7 Å². The van der Waals surface area contributed by atoms with E-state index in [0.29, 0.717) is 13.2 Å². The lowest BCUT2D eigenvalue weighted by Gasteiger charge is -2.03. The first kappa shape index (κ1) is 9.19. The molecule has 0 aromatic rings. The third-order valence-corrected chi connectivity index (χ3v) is 1.93. The van der Waals surface area contributed by atoms with E-state index in [0.717, 1.165) is 6.42 Å². The molecule has 4 nitrogen and oxygen atoms in total. The average molecular weight is 172 g/mol. The zero-order valence-corrected chi connectivity index (χ0v) is 7.04. The maximum absolute atomic E-state index is 11.2. The minimum Gasteiger partial charge on any atom is -0.469 e. The number of esters is 1. The van der Waals surface area contributed by atoms with Gasteiger partial charge in [-0.1, -0.05) is 0 Å². The molecular weight excluding hydrogens is 160 g/mol. The van der Waals surface area contributed by atoms with Gasteiger partial charge >= 0.3 is 5.97 Å². The molecule has 1 saturated heterocycles. The van der Waals surface area contributed by atoms with Crippen molar-refractivity contribution in [2.75, 3.05) is 20.3 Å². The molecule has 1 aliphatic heterocycles. The summed E-state index contributed by atoms with van der Waals surface area (Å²) in [4.78, 5) is 21.9. The van der Waals surface area contributed by atoms with Crippen molar-refractivity contribution in [3.63, 3.8) is 0 Å². The van der Waals surface area contributed by atoms with Crippen LogP contribution in [-0.2, 0) is 19.1 Å². The SMILES string of the molecule is COC(=O)CC(=O)C1CCOC1. The molecule has 0 aromatic carbocycles. The lowest BCUT2D eigenvalue weighted by Crippen LogP contribution is -2.18. The van der Waals surface area contributed by atoms with Gasteiger partial charge in [0.1, 0.15) is 12.2 Å². The summed E-state index contributed by atoms with van der Waals surface area (Å²) >= 11 is 0. The molecule has 0 aromatic heterocycles. The van der Waals surface area contributed by atoms with Gasteiger partial charge in [-0.05, 0) is 6.42 Å². The smallest absolute Gasteiger partial charge is 0.313 e. The molecule has 1 rings (SSSR count). The van der Waals surface area contributed by atoms with Crippen molar-refractivity contribution in [3.05, 3.63) is 0 Å². The molecule has 0 saturated carbocycles. The van der Waals surface area contributed by atoms with Gasteiger partial charge < -0.3 is 9.47 Å². The van der Waals surface area contributed by atoms with Crippen LogP contribution in [0.3, 0.4) is 0 Å². The average Bonchev–Trinajstić information content (AvgIpc) is 2.56. The molecule has 1 aliphatic rings. The van der Waals surface area contributed by atoms with E-state index in [1.165, 1.54) is 7.11 Å². The molecule has 0 radical (unpaired) electrons. The number of carbonyl (C=O) groups is 2.